The van der Waals surface area contributed by atoms with E-state index in [2.05, 4.69) is 15.3 Å². The minimum atomic E-state index is -0.434. The number of H-pyrrole nitrogens is 1. The molecular formula is C10H14N6O2S. The fourth-order valence-corrected chi connectivity index (χ4v) is 2.20. The molecular weight excluding hydrogens is 268 g/mol. The number of nitrogens with one attached hydrogen (secondary N) is 1. The van der Waals surface area contributed by atoms with Crippen molar-refractivity contribution in [3.8, 4) is 0 Å². The van der Waals surface area contributed by atoms with Crippen LogP contribution in [0.2, 0.25) is 0 Å². The molecule has 0 saturated heterocycles. The van der Waals surface area contributed by atoms with E-state index in [-0.39, 0.29) is 5.82 Å². The second-order valence-corrected chi connectivity index (χ2v) is 4.45. The molecule has 19 heavy (non-hydrogen) atoms. The van der Waals surface area contributed by atoms with Crippen molar-refractivity contribution in [2.75, 3.05) is 0 Å². The van der Waals surface area contributed by atoms with Crippen LogP contribution in [-0.4, -0.2) is 29.5 Å². The average Bonchev–Trinajstić information content (AvgIpc) is 2.89. The van der Waals surface area contributed by atoms with Gasteiger partial charge in [-0.25, -0.2) is 0 Å². The molecule has 0 aliphatic heterocycles. The van der Waals surface area contributed by atoms with Crippen LogP contribution in [0.15, 0.2) is 6.07 Å². The molecule has 102 valence electrons. The van der Waals surface area contributed by atoms with Crippen LogP contribution < -0.4 is 0 Å². The second-order valence-electron chi connectivity index (χ2n) is 4.06. The first-order chi connectivity index (χ1) is 9.02. The minimum absolute atomic E-state index is 0.00492. The topological polar surface area (TPSA) is 94.6 Å². The highest BCUT2D eigenvalue weighted by atomic mass is 32.1. The van der Waals surface area contributed by atoms with Crippen LogP contribution in [0, 0.1) is 21.8 Å². The van der Waals surface area contributed by atoms with Crippen molar-refractivity contribution in [3.05, 3.63) is 32.5 Å². The Morgan fingerprint density at radius 2 is 2.32 bits per heavy atom. The molecule has 0 atom stereocenters. The van der Waals surface area contributed by atoms with E-state index in [1.165, 1.54) is 10.7 Å². The molecule has 0 spiro atoms. The Hall–Kier alpha value is -2.03. The van der Waals surface area contributed by atoms with Crippen molar-refractivity contribution < 1.29 is 4.92 Å². The maximum atomic E-state index is 10.9. The van der Waals surface area contributed by atoms with E-state index >= 15 is 0 Å². The number of nitro groups is 1. The SMILES string of the molecule is CCn1c(CCn2nc(C)cc2[N+](=O)[O-])n[nH]c1=S. The molecule has 8 nitrogen and oxygen atoms in total. The number of hydrogen-bond acceptors (Lipinski definition) is 5. The Labute approximate surface area is 114 Å². The number of aromatic amines is 1. The molecule has 0 fully saturated rings. The summed E-state index contributed by atoms with van der Waals surface area (Å²) in [7, 11) is 0. The largest absolute Gasteiger partial charge is 0.358 e. The summed E-state index contributed by atoms with van der Waals surface area (Å²) >= 11 is 5.09. The summed E-state index contributed by atoms with van der Waals surface area (Å²) < 4.78 is 3.80. The van der Waals surface area contributed by atoms with Gasteiger partial charge in [0.2, 0.25) is 0 Å². The summed E-state index contributed by atoms with van der Waals surface area (Å²) in [6.45, 7) is 4.80. The summed E-state index contributed by atoms with van der Waals surface area (Å²) in [5.41, 5.74) is 0.626. The van der Waals surface area contributed by atoms with Gasteiger partial charge in [0.1, 0.15) is 12.4 Å². The monoisotopic (exact) mass is 282 g/mol. The molecule has 0 aliphatic carbocycles. The highest BCUT2D eigenvalue weighted by molar-refractivity contribution is 7.71. The smallest absolute Gasteiger partial charge is 0.345 e. The third-order valence-corrected chi connectivity index (χ3v) is 3.08. The van der Waals surface area contributed by atoms with Gasteiger partial charge >= 0.3 is 5.82 Å². The number of aryl methyl sites for hydroxylation is 3. The summed E-state index contributed by atoms with van der Waals surface area (Å²) in [5, 5.41) is 21.8. The van der Waals surface area contributed by atoms with Gasteiger partial charge in [0.15, 0.2) is 4.77 Å². The second kappa shape index (κ2) is 5.31. The summed E-state index contributed by atoms with van der Waals surface area (Å²) in [4.78, 5) is 10.4. The van der Waals surface area contributed by atoms with E-state index in [0.29, 0.717) is 30.0 Å². The molecule has 2 aromatic rings. The fourth-order valence-electron chi connectivity index (χ4n) is 1.92. The van der Waals surface area contributed by atoms with Gasteiger partial charge in [0, 0.05) is 13.0 Å². The molecule has 0 radical (unpaired) electrons. The fraction of sp³-hybridized carbons (Fsp3) is 0.500. The quantitative estimate of drug-likeness (QED) is 0.511. The number of hydrogen-bond donors (Lipinski definition) is 1. The van der Waals surface area contributed by atoms with Crippen LogP contribution in [0.4, 0.5) is 5.82 Å². The predicted octanol–water partition coefficient (Wildman–Crippen LogP) is 1.62. The lowest BCUT2D eigenvalue weighted by molar-refractivity contribution is -0.392. The van der Waals surface area contributed by atoms with Crippen LogP contribution in [0.5, 0.6) is 0 Å². The number of nitrogens with zero attached hydrogens (tertiary/aromatic N) is 5. The van der Waals surface area contributed by atoms with Crippen molar-refractivity contribution >= 4 is 18.0 Å². The number of aromatic nitrogens is 5. The number of rotatable bonds is 5. The first kappa shape index (κ1) is 13.4. The lowest BCUT2D eigenvalue weighted by atomic mass is 10.4. The van der Waals surface area contributed by atoms with Gasteiger partial charge in [-0.05, 0) is 31.0 Å². The predicted molar refractivity (Wildman–Crippen MR) is 70.4 cm³/mol. The standard InChI is InChI=1S/C10H14N6O2S/c1-3-14-8(11-12-10(14)19)4-5-15-9(16(17)18)6-7(2)13-15/h6H,3-5H2,1-2H3,(H,12,19). The van der Waals surface area contributed by atoms with Crippen molar-refractivity contribution in [1.29, 1.82) is 0 Å². The molecule has 2 rings (SSSR count). The van der Waals surface area contributed by atoms with Gasteiger partial charge in [-0.3, -0.25) is 5.10 Å². The molecule has 0 unspecified atom stereocenters. The molecule has 0 saturated carbocycles. The van der Waals surface area contributed by atoms with E-state index in [9.17, 15) is 10.1 Å². The van der Waals surface area contributed by atoms with Crippen LogP contribution in [0.3, 0.4) is 0 Å². The van der Waals surface area contributed by atoms with Crippen LogP contribution in [0.1, 0.15) is 18.4 Å². The van der Waals surface area contributed by atoms with E-state index in [4.69, 9.17) is 12.2 Å². The Balaban J connectivity index is 2.19. The Morgan fingerprint density at radius 3 is 2.95 bits per heavy atom. The Kier molecular flexibility index (Phi) is 3.74. The third kappa shape index (κ3) is 2.70. The van der Waals surface area contributed by atoms with Crippen LogP contribution in [-0.2, 0) is 19.5 Å². The van der Waals surface area contributed by atoms with Crippen molar-refractivity contribution in [2.45, 2.75) is 33.4 Å². The summed E-state index contributed by atoms with van der Waals surface area (Å²) in [5.74, 6) is 0.768. The first-order valence-corrected chi connectivity index (χ1v) is 6.26. The molecule has 2 heterocycles. The summed E-state index contributed by atoms with van der Waals surface area (Å²) in [6, 6.07) is 1.46. The highest BCUT2D eigenvalue weighted by Crippen LogP contribution is 2.13. The Morgan fingerprint density at radius 1 is 1.58 bits per heavy atom. The molecule has 2 aromatic heterocycles. The molecule has 9 heteroatoms. The van der Waals surface area contributed by atoms with E-state index in [1.54, 1.807) is 6.92 Å². The average molecular weight is 282 g/mol. The van der Waals surface area contributed by atoms with Crippen molar-refractivity contribution in [2.24, 2.45) is 0 Å². The first-order valence-electron chi connectivity index (χ1n) is 5.85. The van der Waals surface area contributed by atoms with Gasteiger partial charge < -0.3 is 14.7 Å². The van der Waals surface area contributed by atoms with E-state index in [1.807, 2.05) is 11.5 Å². The molecule has 0 aliphatic rings. The zero-order valence-electron chi connectivity index (χ0n) is 10.7. The van der Waals surface area contributed by atoms with Crippen molar-refractivity contribution in [3.63, 3.8) is 0 Å². The zero-order chi connectivity index (χ0) is 14.0. The Bertz CT molecular complexity index is 655. The zero-order valence-corrected chi connectivity index (χ0v) is 11.5. The van der Waals surface area contributed by atoms with Gasteiger partial charge in [-0.15, -0.1) is 4.68 Å². The highest BCUT2D eigenvalue weighted by Gasteiger charge is 2.17. The lowest BCUT2D eigenvalue weighted by Gasteiger charge is -2.02. The van der Waals surface area contributed by atoms with Gasteiger partial charge in [0.05, 0.1) is 11.8 Å². The lowest BCUT2D eigenvalue weighted by Crippen LogP contribution is -2.10. The van der Waals surface area contributed by atoms with E-state index < -0.39 is 4.92 Å². The van der Waals surface area contributed by atoms with Crippen LogP contribution >= 0.6 is 12.2 Å². The molecule has 0 aromatic carbocycles. The molecule has 1 N–H and O–H groups in total. The maximum absolute atomic E-state index is 10.9. The maximum Gasteiger partial charge on any atom is 0.345 e. The normalized spacial score (nSPS) is 10.8. The summed E-state index contributed by atoms with van der Waals surface area (Å²) in [6.07, 6.45) is 0.531. The van der Waals surface area contributed by atoms with Gasteiger partial charge in [-0.2, -0.15) is 5.10 Å². The minimum Gasteiger partial charge on any atom is -0.358 e. The van der Waals surface area contributed by atoms with E-state index in [0.717, 1.165) is 5.82 Å². The third-order valence-electron chi connectivity index (χ3n) is 2.77. The molecule has 0 amide bonds. The van der Waals surface area contributed by atoms with Crippen molar-refractivity contribution in [1.82, 2.24) is 24.5 Å². The molecule has 0 bridgehead atoms. The van der Waals surface area contributed by atoms with Crippen LogP contribution in [0.25, 0.3) is 0 Å². The van der Waals surface area contributed by atoms with Gasteiger partial charge in [0.25, 0.3) is 0 Å². The van der Waals surface area contributed by atoms with Gasteiger partial charge in [-0.1, -0.05) is 5.10 Å².